The highest BCUT2D eigenvalue weighted by Crippen LogP contribution is 2.31. The normalized spacial score (nSPS) is 15.0. The SMILES string of the molecule is CC(C)n1cnc2c(NC3CC3)nc(-c3cccs3)nc21. The van der Waals surface area contributed by atoms with E-state index in [1.807, 2.05) is 12.4 Å². The van der Waals surface area contributed by atoms with Gasteiger partial charge in [-0.1, -0.05) is 6.07 Å². The quantitative estimate of drug-likeness (QED) is 0.798. The van der Waals surface area contributed by atoms with Crippen LogP contribution >= 0.6 is 11.3 Å². The molecule has 1 aliphatic carbocycles. The molecule has 0 radical (unpaired) electrons. The number of aromatic nitrogens is 4. The van der Waals surface area contributed by atoms with Crippen molar-refractivity contribution in [1.29, 1.82) is 0 Å². The zero-order valence-electron chi connectivity index (χ0n) is 12.1. The molecule has 0 aromatic carbocycles. The van der Waals surface area contributed by atoms with Gasteiger partial charge in [-0.3, -0.25) is 0 Å². The average molecular weight is 299 g/mol. The molecule has 5 nitrogen and oxygen atoms in total. The highest BCUT2D eigenvalue weighted by atomic mass is 32.1. The lowest BCUT2D eigenvalue weighted by Crippen LogP contribution is -2.07. The summed E-state index contributed by atoms with van der Waals surface area (Å²) >= 11 is 1.66. The van der Waals surface area contributed by atoms with Crippen molar-refractivity contribution in [3.8, 4) is 10.7 Å². The van der Waals surface area contributed by atoms with E-state index in [9.17, 15) is 0 Å². The van der Waals surface area contributed by atoms with E-state index >= 15 is 0 Å². The lowest BCUT2D eigenvalue weighted by atomic mass is 10.3. The number of thiophene rings is 1. The van der Waals surface area contributed by atoms with Crippen LogP contribution in [0.2, 0.25) is 0 Å². The summed E-state index contributed by atoms with van der Waals surface area (Å²) in [5.41, 5.74) is 1.78. The summed E-state index contributed by atoms with van der Waals surface area (Å²) < 4.78 is 2.10. The Labute approximate surface area is 127 Å². The number of hydrogen-bond acceptors (Lipinski definition) is 5. The van der Waals surface area contributed by atoms with Gasteiger partial charge in [0.25, 0.3) is 0 Å². The second-order valence-electron chi connectivity index (χ2n) is 5.71. The van der Waals surface area contributed by atoms with Crippen LogP contribution in [0.1, 0.15) is 32.7 Å². The first-order chi connectivity index (χ1) is 10.2. The van der Waals surface area contributed by atoms with Crippen molar-refractivity contribution >= 4 is 28.3 Å². The fraction of sp³-hybridized carbons (Fsp3) is 0.400. The molecular weight excluding hydrogens is 282 g/mol. The molecule has 1 saturated carbocycles. The molecule has 3 aromatic heterocycles. The summed E-state index contributed by atoms with van der Waals surface area (Å²) in [6.07, 6.45) is 4.29. The van der Waals surface area contributed by atoms with Crippen molar-refractivity contribution in [2.24, 2.45) is 0 Å². The molecule has 1 aliphatic rings. The second kappa shape index (κ2) is 4.80. The molecule has 6 heteroatoms. The van der Waals surface area contributed by atoms with E-state index in [0.29, 0.717) is 12.1 Å². The number of nitrogens with zero attached hydrogens (tertiary/aromatic N) is 4. The lowest BCUT2D eigenvalue weighted by Gasteiger charge is -2.10. The maximum Gasteiger partial charge on any atom is 0.173 e. The molecule has 1 fully saturated rings. The highest BCUT2D eigenvalue weighted by molar-refractivity contribution is 7.13. The van der Waals surface area contributed by atoms with Crippen LogP contribution in [0.15, 0.2) is 23.8 Å². The van der Waals surface area contributed by atoms with E-state index in [1.54, 1.807) is 11.3 Å². The minimum absolute atomic E-state index is 0.329. The predicted molar refractivity (Wildman–Crippen MR) is 85.7 cm³/mol. The van der Waals surface area contributed by atoms with Gasteiger partial charge in [0.2, 0.25) is 0 Å². The molecular formula is C15H17N5S. The summed E-state index contributed by atoms with van der Waals surface area (Å²) in [5, 5.41) is 5.54. The molecule has 3 aromatic rings. The Kier molecular flexibility index (Phi) is 2.92. The average Bonchev–Trinajstić information content (AvgIpc) is 2.97. The van der Waals surface area contributed by atoms with Gasteiger partial charge in [-0.15, -0.1) is 11.3 Å². The van der Waals surface area contributed by atoms with E-state index in [-0.39, 0.29) is 0 Å². The zero-order valence-corrected chi connectivity index (χ0v) is 12.9. The van der Waals surface area contributed by atoms with Crippen LogP contribution in [0.5, 0.6) is 0 Å². The van der Waals surface area contributed by atoms with Crippen molar-refractivity contribution in [2.45, 2.75) is 38.8 Å². The molecule has 108 valence electrons. The van der Waals surface area contributed by atoms with Crippen molar-refractivity contribution in [3.63, 3.8) is 0 Å². The van der Waals surface area contributed by atoms with E-state index in [0.717, 1.165) is 27.7 Å². The largest absolute Gasteiger partial charge is 0.365 e. The van der Waals surface area contributed by atoms with Crippen LogP contribution in [0.25, 0.3) is 21.9 Å². The third-order valence-corrected chi connectivity index (χ3v) is 4.50. The minimum atomic E-state index is 0.329. The molecule has 3 heterocycles. The van der Waals surface area contributed by atoms with Crippen LogP contribution in [0.3, 0.4) is 0 Å². The Bertz CT molecular complexity index is 771. The second-order valence-corrected chi connectivity index (χ2v) is 6.66. The molecule has 0 atom stereocenters. The van der Waals surface area contributed by atoms with Gasteiger partial charge in [0.1, 0.15) is 5.52 Å². The Morgan fingerprint density at radius 2 is 2.19 bits per heavy atom. The maximum absolute atomic E-state index is 4.75. The van der Waals surface area contributed by atoms with Crippen molar-refractivity contribution in [1.82, 2.24) is 19.5 Å². The van der Waals surface area contributed by atoms with E-state index < -0.39 is 0 Å². The summed E-state index contributed by atoms with van der Waals surface area (Å²) in [6.45, 7) is 4.28. The maximum atomic E-state index is 4.75. The molecule has 4 rings (SSSR count). The molecule has 0 aliphatic heterocycles. The van der Waals surface area contributed by atoms with E-state index in [2.05, 4.69) is 40.2 Å². The van der Waals surface area contributed by atoms with E-state index in [4.69, 9.17) is 9.97 Å². The van der Waals surface area contributed by atoms with Crippen molar-refractivity contribution in [3.05, 3.63) is 23.8 Å². The van der Waals surface area contributed by atoms with Gasteiger partial charge >= 0.3 is 0 Å². The number of nitrogens with one attached hydrogen (secondary N) is 1. The summed E-state index contributed by atoms with van der Waals surface area (Å²) in [7, 11) is 0. The molecule has 0 saturated heterocycles. The predicted octanol–water partition coefficient (Wildman–Crippen LogP) is 3.71. The molecule has 1 N–H and O–H groups in total. The van der Waals surface area contributed by atoms with Gasteiger partial charge < -0.3 is 9.88 Å². The molecule has 0 unspecified atom stereocenters. The third kappa shape index (κ3) is 2.29. The lowest BCUT2D eigenvalue weighted by molar-refractivity contribution is 0.613. The van der Waals surface area contributed by atoms with Gasteiger partial charge in [-0.2, -0.15) is 0 Å². The Hall–Kier alpha value is -1.95. The number of fused-ring (bicyclic) bond motifs is 1. The first-order valence-electron chi connectivity index (χ1n) is 7.27. The number of imidazole rings is 1. The monoisotopic (exact) mass is 299 g/mol. The zero-order chi connectivity index (χ0) is 14.4. The van der Waals surface area contributed by atoms with Crippen molar-refractivity contribution < 1.29 is 0 Å². The summed E-state index contributed by atoms with van der Waals surface area (Å²) in [5.74, 6) is 1.65. The van der Waals surface area contributed by atoms with Gasteiger partial charge in [0.05, 0.1) is 11.2 Å². The van der Waals surface area contributed by atoms with Crippen molar-refractivity contribution in [2.75, 3.05) is 5.32 Å². The molecule has 0 amide bonds. The fourth-order valence-corrected chi connectivity index (χ4v) is 2.99. The number of rotatable bonds is 4. The fourth-order valence-electron chi connectivity index (χ4n) is 2.33. The highest BCUT2D eigenvalue weighted by Gasteiger charge is 2.24. The minimum Gasteiger partial charge on any atom is -0.365 e. The van der Waals surface area contributed by atoms with Gasteiger partial charge in [-0.05, 0) is 38.1 Å². The third-order valence-electron chi connectivity index (χ3n) is 3.64. The molecule has 0 bridgehead atoms. The van der Waals surface area contributed by atoms with Gasteiger partial charge in [-0.25, -0.2) is 15.0 Å². The summed E-state index contributed by atoms with van der Waals surface area (Å²) in [4.78, 5) is 15.1. The smallest absolute Gasteiger partial charge is 0.173 e. The van der Waals surface area contributed by atoms with Gasteiger partial charge in [0, 0.05) is 12.1 Å². The first-order valence-corrected chi connectivity index (χ1v) is 8.15. The topological polar surface area (TPSA) is 55.6 Å². The van der Waals surface area contributed by atoms with Crippen LogP contribution in [-0.4, -0.2) is 25.6 Å². The van der Waals surface area contributed by atoms with Crippen LogP contribution in [0, 0.1) is 0 Å². The molecule has 0 spiro atoms. The van der Waals surface area contributed by atoms with Gasteiger partial charge in [0.15, 0.2) is 17.3 Å². The summed E-state index contributed by atoms with van der Waals surface area (Å²) in [6, 6.07) is 4.96. The van der Waals surface area contributed by atoms with E-state index in [1.165, 1.54) is 12.8 Å². The number of hydrogen-bond donors (Lipinski definition) is 1. The number of anilines is 1. The van der Waals surface area contributed by atoms with Crippen LogP contribution in [0.4, 0.5) is 5.82 Å². The van der Waals surface area contributed by atoms with Crippen LogP contribution in [-0.2, 0) is 0 Å². The Balaban J connectivity index is 1.91. The molecule has 21 heavy (non-hydrogen) atoms. The standard InChI is InChI=1S/C15H17N5S/c1-9(2)20-8-16-12-14(17-10-5-6-10)18-13(19-15(12)20)11-4-3-7-21-11/h3-4,7-10H,5-6H2,1-2H3,(H,17,18,19). The Morgan fingerprint density at radius 1 is 1.33 bits per heavy atom. The first kappa shape index (κ1) is 12.8. The van der Waals surface area contributed by atoms with Crippen LogP contribution < -0.4 is 5.32 Å². The Morgan fingerprint density at radius 3 is 2.86 bits per heavy atom.